The van der Waals surface area contributed by atoms with Crippen LogP contribution in [-0.2, 0) is 3.36 Å². The Morgan fingerprint density at radius 2 is 1.72 bits per heavy atom. The van der Waals surface area contributed by atoms with Crippen LogP contribution in [0.15, 0.2) is 12.4 Å². The SMILES string of the molecule is CCCCCCCCCC(Br)(Br)n1ccnc1C. The molecule has 0 aliphatic carbocycles. The lowest BCUT2D eigenvalue weighted by Crippen LogP contribution is -2.19. The van der Waals surface area contributed by atoms with Crippen LogP contribution < -0.4 is 0 Å². The van der Waals surface area contributed by atoms with Crippen molar-refractivity contribution in [3.05, 3.63) is 18.2 Å². The minimum atomic E-state index is -0.163. The first kappa shape index (κ1) is 16.2. The van der Waals surface area contributed by atoms with Gasteiger partial charge in [0.2, 0.25) is 0 Å². The molecule has 0 fully saturated rings. The van der Waals surface area contributed by atoms with E-state index in [4.69, 9.17) is 0 Å². The van der Waals surface area contributed by atoms with Crippen molar-refractivity contribution < 1.29 is 0 Å². The number of imidazole rings is 1. The molecule has 0 saturated heterocycles. The van der Waals surface area contributed by atoms with Gasteiger partial charge in [0.25, 0.3) is 0 Å². The first-order chi connectivity index (χ1) is 8.58. The summed E-state index contributed by atoms with van der Waals surface area (Å²) in [7, 11) is 0. The van der Waals surface area contributed by atoms with Gasteiger partial charge in [-0.2, -0.15) is 0 Å². The molecule has 2 nitrogen and oxygen atoms in total. The largest absolute Gasteiger partial charge is 0.310 e. The summed E-state index contributed by atoms with van der Waals surface area (Å²) in [6.45, 7) is 4.29. The van der Waals surface area contributed by atoms with E-state index in [0.717, 1.165) is 12.2 Å². The van der Waals surface area contributed by atoms with Gasteiger partial charge < -0.3 is 4.57 Å². The Hall–Kier alpha value is 0.170. The van der Waals surface area contributed by atoms with Crippen LogP contribution in [-0.4, -0.2) is 9.55 Å². The lowest BCUT2D eigenvalue weighted by Gasteiger charge is -2.23. The van der Waals surface area contributed by atoms with Gasteiger partial charge in [-0.15, -0.1) is 0 Å². The predicted molar refractivity (Wildman–Crippen MR) is 85.4 cm³/mol. The smallest absolute Gasteiger partial charge is 0.156 e. The number of hydrogen-bond acceptors (Lipinski definition) is 1. The molecule has 1 aromatic rings. The second kappa shape index (κ2) is 8.36. The Morgan fingerprint density at radius 1 is 1.11 bits per heavy atom. The summed E-state index contributed by atoms with van der Waals surface area (Å²) < 4.78 is 1.98. The fourth-order valence-electron chi connectivity index (χ4n) is 2.14. The van der Waals surface area contributed by atoms with Gasteiger partial charge in [0, 0.05) is 12.4 Å². The summed E-state index contributed by atoms with van der Waals surface area (Å²) in [5.41, 5.74) is 0. The molecular formula is C14H24Br2N2. The molecule has 0 N–H and O–H groups in total. The molecular weight excluding hydrogens is 356 g/mol. The molecule has 0 bridgehead atoms. The van der Waals surface area contributed by atoms with E-state index < -0.39 is 0 Å². The van der Waals surface area contributed by atoms with E-state index in [1.807, 2.05) is 19.3 Å². The molecule has 1 heterocycles. The predicted octanol–water partition coefficient (Wildman–Crippen LogP) is 5.73. The van der Waals surface area contributed by atoms with Crippen LogP contribution in [0.4, 0.5) is 0 Å². The van der Waals surface area contributed by atoms with Crippen molar-refractivity contribution in [1.29, 1.82) is 0 Å². The average molecular weight is 380 g/mol. The number of nitrogens with zero attached hydrogens (tertiary/aromatic N) is 2. The molecule has 0 aliphatic heterocycles. The fraction of sp³-hybridized carbons (Fsp3) is 0.786. The highest BCUT2D eigenvalue weighted by Gasteiger charge is 2.25. The Labute approximate surface area is 128 Å². The van der Waals surface area contributed by atoms with E-state index in [1.54, 1.807) is 0 Å². The van der Waals surface area contributed by atoms with Crippen molar-refractivity contribution in [3.63, 3.8) is 0 Å². The third-order valence-electron chi connectivity index (χ3n) is 3.26. The van der Waals surface area contributed by atoms with Gasteiger partial charge in [-0.3, -0.25) is 0 Å². The Balaban J connectivity index is 2.20. The van der Waals surface area contributed by atoms with Gasteiger partial charge in [-0.25, -0.2) is 4.98 Å². The zero-order valence-electron chi connectivity index (χ0n) is 11.5. The fourth-order valence-corrected chi connectivity index (χ4v) is 3.45. The van der Waals surface area contributed by atoms with Gasteiger partial charge in [0.1, 0.15) is 5.82 Å². The van der Waals surface area contributed by atoms with E-state index in [1.165, 1.54) is 44.9 Å². The molecule has 0 aromatic carbocycles. The first-order valence-electron chi connectivity index (χ1n) is 6.96. The third-order valence-corrected chi connectivity index (χ3v) is 4.82. The van der Waals surface area contributed by atoms with Crippen LogP contribution in [0.25, 0.3) is 0 Å². The monoisotopic (exact) mass is 378 g/mol. The summed E-state index contributed by atoms with van der Waals surface area (Å²) in [5.74, 6) is 1.03. The quantitative estimate of drug-likeness (QED) is 0.395. The number of unbranched alkanes of at least 4 members (excludes halogenated alkanes) is 6. The Morgan fingerprint density at radius 3 is 2.28 bits per heavy atom. The van der Waals surface area contributed by atoms with Gasteiger partial charge in [-0.05, 0) is 51.6 Å². The molecule has 18 heavy (non-hydrogen) atoms. The average Bonchev–Trinajstić information content (AvgIpc) is 2.75. The summed E-state index contributed by atoms with van der Waals surface area (Å²) in [5, 5.41) is 0. The zero-order valence-corrected chi connectivity index (χ0v) is 14.6. The van der Waals surface area contributed by atoms with E-state index in [9.17, 15) is 0 Å². The molecule has 0 spiro atoms. The zero-order chi connectivity index (χ0) is 13.4. The normalized spacial score (nSPS) is 12.0. The van der Waals surface area contributed by atoms with Crippen LogP contribution in [0, 0.1) is 6.92 Å². The molecule has 0 unspecified atom stereocenters. The molecule has 0 atom stereocenters. The lowest BCUT2D eigenvalue weighted by atomic mass is 10.1. The van der Waals surface area contributed by atoms with Crippen molar-refractivity contribution in [2.75, 3.05) is 0 Å². The summed E-state index contributed by atoms with van der Waals surface area (Å²) >= 11 is 7.51. The molecule has 0 saturated carbocycles. The summed E-state index contributed by atoms with van der Waals surface area (Å²) in [6.07, 6.45) is 14.3. The van der Waals surface area contributed by atoms with Crippen molar-refractivity contribution >= 4 is 31.9 Å². The van der Waals surface area contributed by atoms with Crippen LogP contribution in [0.1, 0.15) is 64.1 Å². The Bertz CT molecular complexity index is 334. The van der Waals surface area contributed by atoms with Crippen molar-refractivity contribution in [2.24, 2.45) is 0 Å². The topological polar surface area (TPSA) is 17.8 Å². The molecule has 0 amide bonds. The number of hydrogen-bond donors (Lipinski definition) is 0. The molecule has 0 aliphatic rings. The van der Waals surface area contributed by atoms with E-state index in [2.05, 4.69) is 48.3 Å². The van der Waals surface area contributed by atoms with E-state index >= 15 is 0 Å². The van der Waals surface area contributed by atoms with Crippen molar-refractivity contribution in [2.45, 2.75) is 68.6 Å². The number of alkyl halides is 2. The van der Waals surface area contributed by atoms with Gasteiger partial charge in [0.15, 0.2) is 3.36 Å². The minimum absolute atomic E-state index is 0.163. The highest BCUT2D eigenvalue weighted by molar-refractivity contribution is 9.24. The summed E-state index contributed by atoms with van der Waals surface area (Å²) in [6, 6.07) is 0. The maximum Gasteiger partial charge on any atom is 0.156 e. The van der Waals surface area contributed by atoms with Crippen LogP contribution in [0.3, 0.4) is 0 Å². The van der Waals surface area contributed by atoms with E-state index in [0.29, 0.717) is 0 Å². The molecule has 0 radical (unpaired) electrons. The maximum atomic E-state index is 4.26. The number of aromatic nitrogens is 2. The third kappa shape index (κ3) is 5.43. The van der Waals surface area contributed by atoms with E-state index in [-0.39, 0.29) is 3.36 Å². The van der Waals surface area contributed by atoms with Gasteiger partial charge in [-0.1, -0.05) is 45.4 Å². The van der Waals surface area contributed by atoms with Gasteiger partial charge >= 0.3 is 0 Å². The minimum Gasteiger partial charge on any atom is -0.310 e. The molecule has 4 heteroatoms. The first-order valence-corrected chi connectivity index (χ1v) is 8.55. The van der Waals surface area contributed by atoms with Crippen molar-refractivity contribution in [3.8, 4) is 0 Å². The molecule has 1 rings (SSSR count). The molecule has 1 aromatic heterocycles. The van der Waals surface area contributed by atoms with Crippen LogP contribution in [0.5, 0.6) is 0 Å². The second-order valence-corrected chi connectivity index (χ2v) is 8.57. The second-order valence-electron chi connectivity index (χ2n) is 4.88. The maximum absolute atomic E-state index is 4.26. The highest BCUT2D eigenvalue weighted by atomic mass is 79.9. The Kier molecular flexibility index (Phi) is 7.54. The lowest BCUT2D eigenvalue weighted by molar-refractivity contribution is 0.516. The number of aryl methyl sites for hydroxylation is 1. The number of rotatable bonds is 9. The molecule has 104 valence electrons. The van der Waals surface area contributed by atoms with Crippen LogP contribution in [0.2, 0.25) is 0 Å². The highest BCUT2D eigenvalue weighted by Crippen LogP contribution is 2.38. The van der Waals surface area contributed by atoms with Crippen LogP contribution >= 0.6 is 31.9 Å². The number of halogens is 2. The van der Waals surface area contributed by atoms with Crippen molar-refractivity contribution in [1.82, 2.24) is 9.55 Å². The van der Waals surface area contributed by atoms with Gasteiger partial charge in [0.05, 0.1) is 0 Å². The summed E-state index contributed by atoms with van der Waals surface area (Å²) in [4.78, 5) is 4.26. The standard InChI is InChI=1S/C14H24Br2N2/c1-3-4-5-6-7-8-9-10-14(15,16)18-12-11-17-13(18)2/h11-12H,3-10H2,1-2H3.